The van der Waals surface area contributed by atoms with Crippen molar-refractivity contribution in [2.24, 2.45) is 0 Å². The Kier molecular flexibility index (Phi) is 4.18. The zero-order valence-corrected chi connectivity index (χ0v) is 11.5. The van der Waals surface area contributed by atoms with Crippen molar-refractivity contribution < 1.29 is 5.11 Å². The van der Waals surface area contributed by atoms with Gasteiger partial charge in [0.15, 0.2) is 0 Å². The number of rotatable bonds is 4. The molecular weight excluding hydrogens is 232 g/mol. The topological polar surface area (TPSA) is 20.2 Å². The molecule has 0 aliphatic rings. The van der Waals surface area contributed by atoms with Crippen molar-refractivity contribution in [1.82, 2.24) is 0 Å². The number of hydrogen-bond acceptors (Lipinski definition) is 1. The molecule has 0 heterocycles. The Balaban J connectivity index is 2.50. The van der Waals surface area contributed by atoms with E-state index in [0.29, 0.717) is 6.42 Å². The van der Waals surface area contributed by atoms with Crippen LogP contribution in [0.1, 0.15) is 31.4 Å². The summed E-state index contributed by atoms with van der Waals surface area (Å²) in [5, 5.41) is 10.6. The van der Waals surface area contributed by atoms with E-state index >= 15 is 0 Å². The average Bonchev–Trinajstić information content (AvgIpc) is 2.46. The zero-order valence-electron chi connectivity index (χ0n) is 11.5. The maximum atomic E-state index is 10.6. The van der Waals surface area contributed by atoms with Crippen LogP contribution in [0.4, 0.5) is 0 Å². The molecule has 2 rings (SSSR count). The molecule has 0 saturated heterocycles. The predicted octanol–water partition coefficient (Wildman–Crippen LogP) is 4.39. The van der Waals surface area contributed by atoms with Gasteiger partial charge < -0.3 is 5.11 Å². The molecule has 19 heavy (non-hydrogen) atoms. The quantitative estimate of drug-likeness (QED) is 0.800. The summed E-state index contributed by atoms with van der Waals surface area (Å²) in [4.78, 5) is 0. The molecule has 1 nitrogen and oxygen atoms in total. The Labute approximate surface area is 115 Å². The lowest BCUT2D eigenvalue weighted by Crippen LogP contribution is -2.24. The Morgan fingerprint density at radius 2 is 1.53 bits per heavy atom. The standard InChI is InChI=1S/C18H20O/c1-3-18(2,19)17(16-12-8-5-9-13-16)14-15-10-6-4-7-11-15/h4-14,19H,3H2,1-2H3/b17-14+. The van der Waals surface area contributed by atoms with Gasteiger partial charge in [-0.3, -0.25) is 0 Å². The van der Waals surface area contributed by atoms with E-state index in [-0.39, 0.29) is 0 Å². The molecule has 0 radical (unpaired) electrons. The maximum absolute atomic E-state index is 10.6. The second kappa shape index (κ2) is 5.85. The van der Waals surface area contributed by atoms with E-state index in [4.69, 9.17) is 0 Å². The Morgan fingerprint density at radius 3 is 2.05 bits per heavy atom. The third kappa shape index (κ3) is 3.33. The second-order valence-corrected chi connectivity index (χ2v) is 4.96. The molecule has 1 heteroatoms. The average molecular weight is 252 g/mol. The molecule has 98 valence electrons. The summed E-state index contributed by atoms with van der Waals surface area (Å²) in [6, 6.07) is 20.2. The lowest BCUT2D eigenvalue weighted by atomic mass is 9.86. The molecule has 0 fully saturated rings. The molecule has 2 aromatic carbocycles. The summed E-state index contributed by atoms with van der Waals surface area (Å²) in [5.41, 5.74) is 2.31. The molecule has 0 saturated carbocycles. The first kappa shape index (κ1) is 13.6. The van der Waals surface area contributed by atoms with Gasteiger partial charge in [0.05, 0.1) is 5.60 Å². The van der Waals surface area contributed by atoms with Crippen LogP contribution in [-0.2, 0) is 0 Å². The highest BCUT2D eigenvalue weighted by atomic mass is 16.3. The fraction of sp³-hybridized carbons (Fsp3) is 0.222. The van der Waals surface area contributed by atoms with Crippen molar-refractivity contribution in [3.05, 3.63) is 71.8 Å². The summed E-state index contributed by atoms with van der Waals surface area (Å²) in [5.74, 6) is 0. The summed E-state index contributed by atoms with van der Waals surface area (Å²) in [6.45, 7) is 3.87. The van der Waals surface area contributed by atoms with Crippen molar-refractivity contribution >= 4 is 11.6 Å². The third-order valence-corrected chi connectivity index (χ3v) is 3.46. The Bertz CT molecular complexity index is 538. The summed E-state index contributed by atoms with van der Waals surface area (Å²) in [6.07, 6.45) is 2.75. The minimum absolute atomic E-state index is 0.681. The number of aliphatic hydroxyl groups is 1. The van der Waals surface area contributed by atoms with E-state index in [1.807, 2.05) is 62.4 Å². The normalized spacial score (nSPS) is 15.0. The minimum Gasteiger partial charge on any atom is -0.385 e. The van der Waals surface area contributed by atoms with Crippen molar-refractivity contribution in [3.63, 3.8) is 0 Å². The minimum atomic E-state index is -0.822. The molecule has 0 aliphatic carbocycles. The largest absolute Gasteiger partial charge is 0.385 e. The van der Waals surface area contributed by atoms with Gasteiger partial charge in [-0.2, -0.15) is 0 Å². The SMILES string of the molecule is CCC(C)(O)/C(=C/c1ccccc1)c1ccccc1. The summed E-state index contributed by atoms with van der Waals surface area (Å²) in [7, 11) is 0. The molecule has 0 spiro atoms. The van der Waals surface area contributed by atoms with Gasteiger partial charge in [-0.25, -0.2) is 0 Å². The van der Waals surface area contributed by atoms with Crippen LogP contribution < -0.4 is 0 Å². The first-order valence-electron chi connectivity index (χ1n) is 6.68. The van der Waals surface area contributed by atoms with E-state index in [1.165, 1.54) is 0 Å². The van der Waals surface area contributed by atoms with Gasteiger partial charge in [-0.1, -0.05) is 67.6 Å². The van der Waals surface area contributed by atoms with Crippen LogP contribution in [0.15, 0.2) is 60.7 Å². The fourth-order valence-electron chi connectivity index (χ4n) is 2.07. The summed E-state index contributed by atoms with van der Waals surface area (Å²) < 4.78 is 0. The van der Waals surface area contributed by atoms with Crippen LogP contribution in [0.2, 0.25) is 0 Å². The first-order valence-corrected chi connectivity index (χ1v) is 6.68. The van der Waals surface area contributed by atoms with Gasteiger partial charge in [-0.05, 0) is 36.1 Å². The lowest BCUT2D eigenvalue weighted by molar-refractivity contribution is 0.119. The van der Waals surface area contributed by atoms with E-state index in [2.05, 4.69) is 18.2 Å². The van der Waals surface area contributed by atoms with Gasteiger partial charge >= 0.3 is 0 Å². The van der Waals surface area contributed by atoms with Crippen molar-refractivity contribution in [2.75, 3.05) is 0 Å². The van der Waals surface area contributed by atoms with E-state index in [9.17, 15) is 5.11 Å². The van der Waals surface area contributed by atoms with Gasteiger partial charge in [-0.15, -0.1) is 0 Å². The van der Waals surface area contributed by atoms with Crippen LogP contribution in [0.5, 0.6) is 0 Å². The summed E-state index contributed by atoms with van der Waals surface area (Å²) >= 11 is 0. The van der Waals surface area contributed by atoms with Crippen LogP contribution >= 0.6 is 0 Å². The molecule has 0 aliphatic heterocycles. The molecule has 1 unspecified atom stereocenters. The molecule has 0 aromatic heterocycles. The monoisotopic (exact) mass is 252 g/mol. The third-order valence-electron chi connectivity index (χ3n) is 3.46. The lowest BCUT2D eigenvalue weighted by Gasteiger charge is -2.26. The van der Waals surface area contributed by atoms with Crippen molar-refractivity contribution in [2.45, 2.75) is 25.9 Å². The second-order valence-electron chi connectivity index (χ2n) is 4.96. The van der Waals surface area contributed by atoms with E-state index < -0.39 is 5.60 Å². The number of hydrogen-bond donors (Lipinski definition) is 1. The first-order chi connectivity index (χ1) is 9.13. The Hall–Kier alpha value is -1.86. The highest BCUT2D eigenvalue weighted by Gasteiger charge is 2.24. The van der Waals surface area contributed by atoms with Crippen LogP contribution in [0.3, 0.4) is 0 Å². The highest BCUT2D eigenvalue weighted by Crippen LogP contribution is 2.31. The molecule has 2 aromatic rings. The Morgan fingerprint density at radius 1 is 1.00 bits per heavy atom. The molecular formula is C18H20O. The van der Waals surface area contributed by atoms with E-state index in [0.717, 1.165) is 16.7 Å². The van der Waals surface area contributed by atoms with Crippen molar-refractivity contribution in [3.8, 4) is 0 Å². The van der Waals surface area contributed by atoms with Crippen LogP contribution in [0.25, 0.3) is 11.6 Å². The smallest absolute Gasteiger partial charge is 0.0871 e. The molecule has 1 atom stereocenters. The number of benzene rings is 2. The van der Waals surface area contributed by atoms with Gasteiger partial charge in [0.2, 0.25) is 0 Å². The predicted molar refractivity (Wildman–Crippen MR) is 81.7 cm³/mol. The fourth-order valence-corrected chi connectivity index (χ4v) is 2.07. The molecule has 1 N–H and O–H groups in total. The molecule has 0 amide bonds. The van der Waals surface area contributed by atoms with Crippen LogP contribution in [-0.4, -0.2) is 10.7 Å². The van der Waals surface area contributed by atoms with Gasteiger partial charge in [0.25, 0.3) is 0 Å². The maximum Gasteiger partial charge on any atom is 0.0871 e. The highest BCUT2D eigenvalue weighted by molar-refractivity contribution is 5.85. The van der Waals surface area contributed by atoms with Crippen molar-refractivity contribution in [1.29, 1.82) is 0 Å². The van der Waals surface area contributed by atoms with Gasteiger partial charge in [0.1, 0.15) is 0 Å². The van der Waals surface area contributed by atoms with Gasteiger partial charge in [0, 0.05) is 0 Å². The van der Waals surface area contributed by atoms with E-state index in [1.54, 1.807) is 0 Å². The zero-order chi connectivity index (χ0) is 13.7. The van der Waals surface area contributed by atoms with Crippen LogP contribution in [0, 0.1) is 0 Å². The molecule has 0 bridgehead atoms.